The number of nitro benzene ring substituents is 1. The highest BCUT2D eigenvalue weighted by molar-refractivity contribution is 7.93. The first-order chi connectivity index (χ1) is 14.5. The topological polar surface area (TPSA) is 119 Å². The van der Waals surface area contributed by atoms with E-state index >= 15 is 0 Å². The van der Waals surface area contributed by atoms with Gasteiger partial charge in [0.15, 0.2) is 0 Å². The van der Waals surface area contributed by atoms with E-state index in [2.05, 4.69) is 5.32 Å². The van der Waals surface area contributed by atoms with Crippen molar-refractivity contribution in [3.63, 3.8) is 0 Å². The minimum atomic E-state index is -3.92. The van der Waals surface area contributed by atoms with Crippen LogP contribution in [0.15, 0.2) is 46.1 Å². The summed E-state index contributed by atoms with van der Waals surface area (Å²) in [6, 6.07) is 5.74. The molecule has 0 radical (unpaired) electrons. The van der Waals surface area contributed by atoms with Crippen LogP contribution in [-0.2, 0) is 19.6 Å². The average molecular weight is 450 g/mol. The van der Waals surface area contributed by atoms with E-state index in [1.54, 1.807) is 33.8 Å². The normalized spacial score (nSPS) is 20.2. The van der Waals surface area contributed by atoms with Gasteiger partial charge in [0.05, 0.1) is 27.4 Å². The Kier molecular flexibility index (Phi) is 6.51. The maximum absolute atomic E-state index is 13.6. The fourth-order valence-corrected chi connectivity index (χ4v) is 6.08. The van der Waals surface area contributed by atoms with Crippen LogP contribution >= 0.6 is 0 Å². The summed E-state index contributed by atoms with van der Waals surface area (Å²) < 4.78 is 34.1. The van der Waals surface area contributed by atoms with Gasteiger partial charge in [0, 0.05) is 36.6 Å². The number of hydrogen-bond donors (Lipinski definition) is 1. The van der Waals surface area contributed by atoms with Gasteiger partial charge in [0.25, 0.3) is 5.69 Å². The van der Waals surface area contributed by atoms with Crippen LogP contribution in [0, 0.1) is 10.1 Å². The van der Waals surface area contributed by atoms with E-state index in [1.165, 1.54) is 22.5 Å². The third-order valence-electron chi connectivity index (χ3n) is 5.36. The number of dihydropyridines is 1. The molecule has 0 spiro atoms. The number of nitrogens with zero attached hydrogens (tertiary/aromatic N) is 2. The van der Waals surface area contributed by atoms with Gasteiger partial charge < -0.3 is 10.1 Å². The number of benzene rings is 1. The monoisotopic (exact) mass is 449 g/mol. The first-order valence-electron chi connectivity index (χ1n) is 10.2. The summed E-state index contributed by atoms with van der Waals surface area (Å²) in [5.41, 5.74) is 1.16. The van der Waals surface area contributed by atoms with Crippen LogP contribution in [-0.4, -0.2) is 42.8 Å². The van der Waals surface area contributed by atoms with E-state index in [0.717, 1.165) is 12.8 Å². The number of rotatable bonds is 6. The van der Waals surface area contributed by atoms with E-state index in [-0.39, 0.29) is 16.2 Å². The molecule has 10 heteroatoms. The van der Waals surface area contributed by atoms with E-state index in [1.807, 2.05) is 0 Å². The quantitative estimate of drug-likeness (QED) is 0.402. The summed E-state index contributed by atoms with van der Waals surface area (Å²) in [5, 5.41) is 14.4. The Morgan fingerprint density at radius 3 is 2.45 bits per heavy atom. The first-order valence-corrected chi connectivity index (χ1v) is 11.6. The van der Waals surface area contributed by atoms with Gasteiger partial charge in [-0.1, -0.05) is 12.1 Å². The molecule has 0 bridgehead atoms. The third-order valence-corrected chi connectivity index (χ3v) is 7.50. The van der Waals surface area contributed by atoms with Crippen LogP contribution in [0.5, 0.6) is 0 Å². The number of non-ortho nitro benzene ring substituents is 1. The summed E-state index contributed by atoms with van der Waals surface area (Å²) in [4.78, 5) is 23.9. The number of esters is 1. The number of ether oxygens (including phenoxy) is 1. The molecule has 1 saturated heterocycles. The summed E-state index contributed by atoms with van der Waals surface area (Å²) in [5.74, 6) is -1.67. The molecule has 1 aromatic carbocycles. The summed E-state index contributed by atoms with van der Waals surface area (Å²) >= 11 is 0. The highest BCUT2D eigenvalue weighted by Gasteiger charge is 2.43. The third kappa shape index (κ3) is 4.49. The van der Waals surface area contributed by atoms with E-state index < -0.39 is 32.9 Å². The van der Waals surface area contributed by atoms with Gasteiger partial charge in [-0.25, -0.2) is 13.2 Å². The maximum atomic E-state index is 13.6. The second-order valence-corrected chi connectivity index (χ2v) is 9.91. The largest absolute Gasteiger partial charge is 0.460 e. The summed E-state index contributed by atoms with van der Waals surface area (Å²) in [7, 11) is -3.92. The van der Waals surface area contributed by atoms with Gasteiger partial charge in [-0.15, -0.1) is 0 Å². The second kappa shape index (κ2) is 8.80. The fourth-order valence-electron chi connectivity index (χ4n) is 4.07. The molecule has 3 rings (SSSR count). The van der Waals surface area contributed by atoms with Crippen LogP contribution in [0.3, 0.4) is 0 Å². The number of carbonyl (C=O) groups excluding carboxylic acids is 1. The Morgan fingerprint density at radius 1 is 1.23 bits per heavy atom. The summed E-state index contributed by atoms with van der Waals surface area (Å²) in [6.07, 6.45) is 1.11. The van der Waals surface area contributed by atoms with Crippen molar-refractivity contribution in [3.8, 4) is 0 Å². The zero-order valence-electron chi connectivity index (χ0n) is 18.0. The Morgan fingerprint density at radius 2 is 1.87 bits per heavy atom. The molecule has 1 N–H and O–H groups in total. The lowest BCUT2D eigenvalue weighted by molar-refractivity contribution is -0.384. The molecule has 31 heavy (non-hydrogen) atoms. The van der Waals surface area contributed by atoms with Crippen LogP contribution < -0.4 is 5.32 Å². The maximum Gasteiger partial charge on any atom is 0.337 e. The lowest BCUT2D eigenvalue weighted by atomic mass is 9.86. The van der Waals surface area contributed by atoms with Crippen LogP contribution in [0.2, 0.25) is 0 Å². The zero-order chi connectivity index (χ0) is 22.9. The molecule has 0 aromatic heterocycles. The number of sulfonamides is 1. The van der Waals surface area contributed by atoms with Gasteiger partial charge in [-0.3, -0.25) is 10.1 Å². The number of nitrogens with one attached hydrogen (secondary N) is 1. The first kappa shape index (κ1) is 23.0. The highest BCUT2D eigenvalue weighted by Crippen LogP contribution is 2.43. The predicted octanol–water partition coefficient (Wildman–Crippen LogP) is 3.16. The molecule has 1 unspecified atom stereocenters. The SMILES string of the molecule is CC1=C(C(=O)OC(C)C)C(c2cccc([N+](=O)[O-])c2)C(S(=O)(=O)N2CCCC2)=C(C)N1. The van der Waals surface area contributed by atoms with E-state index in [0.29, 0.717) is 30.0 Å². The Hall–Kier alpha value is -2.72. The number of allylic oxidation sites excluding steroid dienone is 3. The Balaban J connectivity index is 2.23. The molecule has 2 aliphatic heterocycles. The molecular weight excluding hydrogens is 422 g/mol. The highest BCUT2D eigenvalue weighted by atomic mass is 32.2. The summed E-state index contributed by atoms with van der Waals surface area (Å²) in [6.45, 7) is 7.51. The van der Waals surface area contributed by atoms with E-state index in [4.69, 9.17) is 4.74 Å². The van der Waals surface area contributed by atoms with Crippen molar-refractivity contribution in [3.05, 3.63) is 61.8 Å². The molecule has 1 fully saturated rings. The van der Waals surface area contributed by atoms with Crippen molar-refractivity contribution in [2.24, 2.45) is 0 Å². The van der Waals surface area contributed by atoms with E-state index in [9.17, 15) is 23.3 Å². The molecule has 1 atom stereocenters. The molecule has 0 saturated carbocycles. The van der Waals surface area contributed by atoms with Crippen molar-refractivity contribution in [1.29, 1.82) is 0 Å². The molecular formula is C21H27N3O6S. The van der Waals surface area contributed by atoms with Gasteiger partial charge in [0.1, 0.15) is 0 Å². The lowest BCUT2D eigenvalue weighted by Crippen LogP contribution is -2.38. The van der Waals surface area contributed by atoms with Crippen LogP contribution in [0.1, 0.15) is 52.0 Å². The molecule has 0 aliphatic carbocycles. The smallest absolute Gasteiger partial charge is 0.337 e. The van der Waals surface area contributed by atoms with Crippen molar-refractivity contribution in [1.82, 2.24) is 9.62 Å². The minimum Gasteiger partial charge on any atom is -0.460 e. The molecule has 2 heterocycles. The second-order valence-electron chi connectivity index (χ2n) is 8.00. The molecule has 1 aromatic rings. The van der Waals surface area contributed by atoms with Crippen molar-refractivity contribution < 1.29 is 22.9 Å². The van der Waals surface area contributed by atoms with Gasteiger partial charge >= 0.3 is 5.97 Å². The molecule has 0 amide bonds. The number of hydrogen-bond acceptors (Lipinski definition) is 7. The van der Waals surface area contributed by atoms with Crippen molar-refractivity contribution >= 4 is 21.7 Å². The molecule has 168 valence electrons. The molecule has 2 aliphatic rings. The van der Waals surface area contributed by atoms with Gasteiger partial charge in [-0.05, 0) is 46.1 Å². The average Bonchev–Trinajstić information content (AvgIpc) is 3.22. The van der Waals surface area contributed by atoms with Gasteiger partial charge in [0.2, 0.25) is 10.0 Å². The van der Waals surface area contributed by atoms with Gasteiger partial charge in [-0.2, -0.15) is 4.31 Å². The number of nitro groups is 1. The van der Waals surface area contributed by atoms with Crippen molar-refractivity contribution in [2.45, 2.75) is 52.6 Å². The van der Waals surface area contributed by atoms with Crippen LogP contribution in [0.4, 0.5) is 5.69 Å². The fraction of sp³-hybridized carbons (Fsp3) is 0.476. The minimum absolute atomic E-state index is 0.0243. The standard InChI is InChI=1S/C21H27N3O6S/c1-13(2)30-21(25)18-14(3)22-15(4)20(31(28,29)23-10-5-6-11-23)19(18)16-8-7-9-17(12-16)24(26)27/h7-9,12-13,19,22H,5-6,10-11H2,1-4H3. The lowest BCUT2D eigenvalue weighted by Gasteiger charge is -2.33. The van der Waals surface area contributed by atoms with Crippen molar-refractivity contribution in [2.75, 3.05) is 13.1 Å². The predicted molar refractivity (Wildman–Crippen MR) is 115 cm³/mol. The van der Waals surface area contributed by atoms with Crippen LogP contribution in [0.25, 0.3) is 0 Å². The zero-order valence-corrected chi connectivity index (χ0v) is 18.9. The Labute approximate surface area is 182 Å². The molecule has 9 nitrogen and oxygen atoms in total. The number of carbonyl (C=O) groups is 1. The Bertz CT molecular complexity index is 1070.